The van der Waals surface area contributed by atoms with Gasteiger partial charge in [0.05, 0.1) is 0 Å². The zero-order valence-electron chi connectivity index (χ0n) is 15.4. The molecular weight excluding hydrogens is 344 g/mol. The maximum atomic E-state index is 12.8. The van der Waals surface area contributed by atoms with Gasteiger partial charge in [-0.25, -0.2) is 0 Å². The standard InChI is InChI=1S/C20H26N4O3/c25-18-6-5-17(19(26)23-18)24-12-15-4-3-13(8-16(15)20(24)27)9-22-11-14-2-1-7-21-10-14/h3-4,8,14,17,21-22H,1-2,5-7,9-12H2,(H,23,25,26)/t14-,17?/m0/s1. The first kappa shape index (κ1) is 18.1. The number of benzene rings is 1. The van der Waals surface area contributed by atoms with Crippen molar-refractivity contribution >= 4 is 17.7 Å². The smallest absolute Gasteiger partial charge is 0.255 e. The van der Waals surface area contributed by atoms with Crippen molar-refractivity contribution < 1.29 is 14.4 Å². The molecule has 7 heteroatoms. The number of amides is 3. The molecule has 3 aliphatic heterocycles. The summed E-state index contributed by atoms with van der Waals surface area (Å²) in [5.41, 5.74) is 2.71. The van der Waals surface area contributed by atoms with Crippen molar-refractivity contribution in [1.29, 1.82) is 0 Å². The number of hydrogen-bond acceptors (Lipinski definition) is 5. The number of carbonyl (C=O) groups excluding carboxylic acids is 3. The van der Waals surface area contributed by atoms with E-state index in [4.69, 9.17) is 0 Å². The molecule has 0 aliphatic carbocycles. The average molecular weight is 370 g/mol. The van der Waals surface area contributed by atoms with Gasteiger partial charge in [-0.05, 0) is 62.0 Å². The molecule has 7 nitrogen and oxygen atoms in total. The van der Waals surface area contributed by atoms with Crippen LogP contribution in [0, 0.1) is 5.92 Å². The second-order valence-corrected chi connectivity index (χ2v) is 7.73. The first-order chi connectivity index (χ1) is 13.1. The second kappa shape index (κ2) is 7.78. The maximum absolute atomic E-state index is 12.8. The van der Waals surface area contributed by atoms with E-state index in [1.807, 2.05) is 18.2 Å². The monoisotopic (exact) mass is 370 g/mol. The molecule has 3 aliphatic rings. The van der Waals surface area contributed by atoms with Gasteiger partial charge < -0.3 is 15.5 Å². The highest BCUT2D eigenvalue weighted by atomic mass is 16.2. The molecule has 1 aromatic rings. The molecule has 3 heterocycles. The topological polar surface area (TPSA) is 90.5 Å². The van der Waals surface area contributed by atoms with E-state index < -0.39 is 6.04 Å². The number of nitrogens with one attached hydrogen (secondary N) is 3. The lowest BCUT2D eigenvalue weighted by atomic mass is 9.99. The van der Waals surface area contributed by atoms with Crippen molar-refractivity contribution in [2.75, 3.05) is 19.6 Å². The fourth-order valence-electron chi connectivity index (χ4n) is 4.23. The van der Waals surface area contributed by atoms with E-state index in [-0.39, 0.29) is 24.1 Å². The summed E-state index contributed by atoms with van der Waals surface area (Å²) in [4.78, 5) is 37.9. The Hall–Kier alpha value is -2.25. The molecule has 144 valence electrons. The van der Waals surface area contributed by atoms with Crippen LogP contribution in [0.5, 0.6) is 0 Å². The van der Waals surface area contributed by atoms with Gasteiger partial charge in [-0.1, -0.05) is 12.1 Å². The van der Waals surface area contributed by atoms with E-state index in [2.05, 4.69) is 16.0 Å². The molecule has 3 N–H and O–H groups in total. The first-order valence-electron chi connectivity index (χ1n) is 9.79. The van der Waals surface area contributed by atoms with E-state index in [1.54, 1.807) is 4.90 Å². The van der Waals surface area contributed by atoms with E-state index in [0.717, 1.165) is 37.3 Å². The Morgan fingerprint density at radius 2 is 2.07 bits per heavy atom. The van der Waals surface area contributed by atoms with Crippen molar-refractivity contribution in [3.63, 3.8) is 0 Å². The summed E-state index contributed by atoms with van der Waals surface area (Å²) >= 11 is 0. The van der Waals surface area contributed by atoms with Gasteiger partial charge in [0.25, 0.3) is 5.91 Å². The molecule has 0 aromatic heterocycles. The minimum Gasteiger partial charge on any atom is -0.322 e. The number of imide groups is 1. The molecule has 0 radical (unpaired) electrons. The van der Waals surface area contributed by atoms with Gasteiger partial charge in [-0.2, -0.15) is 0 Å². The van der Waals surface area contributed by atoms with Gasteiger partial charge >= 0.3 is 0 Å². The lowest BCUT2D eigenvalue weighted by Gasteiger charge is -2.29. The summed E-state index contributed by atoms with van der Waals surface area (Å²) in [6.07, 6.45) is 3.16. The van der Waals surface area contributed by atoms with Gasteiger partial charge in [0.15, 0.2) is 0 Å². The maximum Gasteiger partial charge on any atom is 0.255 e. The lowest BCUT2D eigenvalue weighted by Crippen LogP contribution is -2.52. The van der Waals surface area contributed by atoms with Gasteiger partial charge in [-0.15, -0.1) is 0 Å². The third-order valence-electron chi connectivity index (χ3n) is 5.75. The van der Waals surface area contributed by atoms with Gasteiger partial charge in [0, 0.05) is 25.1 Å². The fourth-order valence-corrected chi connectivity index (χ4v) is 4.23. The number of fused-ring (bicyclic) bond motifs is 1. The van der Waals surface area contributed by atoms with E-state index >= 15 is 0 Å². The predicted octanol–water partition coefficient (Wildman–Crippen LogP) is 0.537. The Balaban J connectivity index is 1.37. The van der Waals surface area contributed by atoms with E-state index in [1.165, 1.54) is 12.8 Å². The molecule has 0 bridgehead atoms. The fraction of sp³-hybridized carbons (Fsp3) is 0.550. The molecule has 1 aromatic carbocycles. The minimum atomic E-state index is -0.553. The third kappa shape index (κ3) is 3.89. The zero-order valence-corrected chi connectivity index (χ0v) is 15.4. The molecule has 2 atom stereocenters. The number of carbonyl (C=O) groups is 3. The molecule has 2 saturated heterocycles. The Morgan fingerprint density at radius 1 is 1.19 bits per heavy atom. The zero-order chi connectivity index (χ0) is 18.8. The number of piperidine rings is 2. The van der Waals surface area contributed by atoms with E-state index in [0.29, 0.717) is 24.4 Å². The molecule has 3 amide bonds. The van der Waals surface area contributed by atoms with Gasteiger partial charge in [0.2, 0.25) is 11.8 Å². The first-order valence-corrected chi connectivity index (χ1v) is 9.79. The van der Waals surface area contributed by atoms with Crippen molar-refractivity contribution in [1.82, 2.24) is 20.9 Å². The summed E-state index contributed by atoms with van der Waals surface area (Å²) in [7, 11) is 0. The highest BCUT2D eigenvalue weighted by Gasteiger charge is 2.39. The highest BCUT2D eigenvalue weighted by molar-refractivity contribution is 6.05. The van der Waals surface area contributed by atoms with Crippen molar-refractivity contribution in [2.24, 2.45) is 5.92 Å². The van der Waals surface area contributed by atoms with Crippen molar-refractivity contribution in [3.8, 4) is 0 Å². The molecule has 27 heavy (non-hydrogen) atoms. The second-order valence-electron chi connectivity index (χ2n) is 7.73. The predicted molar refractivity (Wildman–Crippen MR) is 99.8 cm³/mol. The summed E-state index contributed by atoms with van der Waals surface area (Å²) in [5, 5.41) is 9.26. The van der Waals surface area contributed by atoms with Crippen LogP contribution in [0.2, 0.25) is 0 Å². The van der Waals surface area contributed by atoms with Crippen LogP contribution >= 0.6 is 0 Å². The number of nitrogens with zero attached hydrogens (tertiary/aromatic N) is 1. The summed E-state index contributed by atoms with van der Waals surface area (Å²) in [5.74, 6) is -0.0759. The van der Waals surface area contributed by atoms with Crippen LogP contribution in [-0.4, -0.2) is 48.3 Å². The number of rotatable bonds is 5. The van der Waals surface area contributed by atoms with Gasteiger partial charge in [-0.3, -0.25) is 19.7 Å². The van der Waals surface area contributed by atoms with Crippen molar-refractivity contribution in [2.45, 2.75) is 44.8 Å². The Bertz CT molecular complexity index is 758. The summed E-state index contributed by atoms with van der Waals surface area (Å²) in [6.45, 7) is 4.32. The lowest BCUT2D eigenvalue weighted by molar-refractivity contribution is -0.136. The van der Waals surface area contributed by atoms with Crippen LogP contribution in [0.15, 0.2) is 18.2 Å². The quantitative estimate of drug-likeness (QED) is 0.658. The largest absolute Gasteiger partial charge is 0.322 e. The number of hydrogen-bond donors (Lipinski definition) is 3. The summed E-state index contributed by atoms with van der Waals surface area (Å²) < 4.78 is 0. The van der Waals surface area contributed by atoms with Gasteiger partial charge in [0.1, 0.15) is 6.04 Å². The van der Waals surface area contributed by atoms with E-state index in [9.17, 15) is 14.4 Å². The molecule has 2 fully saturated rings. The van der Waals surface area contributed by atoms with Crippen molar-refractivity contribution in [3.05, 3.63) is 34.9 Å². The third-order valence-corrected chi connectivity index (χ3v) is 5.75. The normalized spacial score (nSPS) is 25.5. The minimum absolute atomic E-state index is 0.113. The van der Waals surface area contributed by atoms with Crippen LogP contribution in [-0.2, 0) is 22.7 Å². The Kier molecular flexibility index (Phi) is 5.22. The molecule has 1 unspecified atom stereocenters. The van der Waals surface area contributed by atoms with Crippen LogP contribution < -0.4 is 16.0 Å². The highest BCUT2D eigenvalue weighted by Crippen LogP contribution is 2.28. The van der Waals surface area contributed by atoms with Crippen LogP contribution in [0.1, 0.15) is 47.2 Å². The SMILES string of the molecule is O=C1CCC(N2Cc3ccc(CNC[C@H]4CCCNC4)cc3C2=O)C(=O)N1. The van der Waals surface area contributed by atoms with Crippen LogP contribution in [0.25, 0.3) is 0 Å². The molecule has 0 saturated carbocycles. The Morgan fingerprint density at radius 3 is 2.85 bits per heavy atom. The summed E-state index contributed by atoms with van der Waals surface area (Å²) in [6, 6.07) is 5.42. The molecule has 4 rings (SSSR count). The Labute approximate surface area is 158 Å². The molecular formula is C20H26N4O3. The van der Waals surface area contributed by atoms with Crippen LogP contribution in [0.4, 0.5) is 0 Å². The van der Waals surface area contributed by atoms with Crippen LogP contribution in [0.3, 0.4) is 0 Å². The average Bonchev–Trinajstić information content (AvgIpc) is 2.99. The molecule has 0 spiro atoms.